The van der Waals surface area contributed by atoms with Crippen LogP contribution in [-0.2, 0) is 0 Å². The van der Waals surface area contributed by atoms with Crippen molar-refractivity contribution in [2.75, 3.05) is 0 Å². The number of hydrogen-bond donors (Lipinski definition) is 1. The molecular weight excluding hydrogens is 103 g/mol. The van der Waals surface area contributed by atoms with Crippen molar-refractivity contribution in [2.45, 2.75) is 0 Å². The SMILES string of the molecule is [K+].[c-]1ncc[nH]1. The van der Waals surface area contributed by atoms with Crippen LogP contribution in [0.2, 0.25) is 0 Å². The molecule has 0 aliphatic heterocycles. The second-order valence-electron chi connectivity index (χ2n) is 0.701. The first kappa shape index (κ1) is 6.85. The molecule has 1 aromatic rings. The maximum atomic E-state index is 3.54. The first-order valence-electron chi connectivity index (χ1n) is 1.35. The molecule has 1 heterocycles. The molecule has 6 heavy (non-hydrogen) atoms. The number of H-pyrrole nitrogens is 1. The Hall–Kier alpha value is 0.846. The predicted molar refractivity (Wildman–Crippen MR) is 17.4 cm³/mol. The summed E-state index contributed by atoms with van der Waals surface area (Å²) in [6, 6.07) is 0. The van der Waals surface area contributed by atoms with Crippen LogP contribution >= 0.6 is 0 Å². The fourth-order valence-electron chi connectivity index (χ4n) is 0.186. The Bertz CT molecular complexity index is 65.3. The number of imidazole rings is 1. The molecule has 1 N–H and O–H groups in total. The molecular formula is C3H3KN2. The summed E-state index contributed by atoms with van der Waals surface area (Å²) in [5, 5.41) is 0. The van der Waals surface area contributed by atoms with Gasteiger partial charge in [0.25, 0.3) is 0 Å². The second kappa shape index (κ2) is 4.02. The van der Waals surface area contributed by atoms with E-state index in [1.54, 1.807) is 12.4 Å². The Morgan fingerprint density at radius 3 is 2.67 bits per heavy atom. The van der Waals surface area contributed by atoms with Crippen molar-refractivity contribution < 1.29 is 51.4 Å². The van der Waals surface area contributed by atoms with Gasteiger partial charge in [0.15, 0.2) is 0 Å². The zero-order chi connectivity index (χ0) is 3.54. The van der Waals surface area contributed by atoms with E-state index < -0.39 is 0 Å². The quantitative estimate of drug-likeness (QED) is 0.281. The fourth-order valence-corrected chi connectivity index (χ4v) is 0.186. The van der Waals surface area contributed by atoms with E-state index in [0.29, 0.717) is 0 Å². The number of nitrogens with one attached hydrogen (secondary N) is 1. The molecule has 0 aromatic carbocycles. The third-order valence-electron chi connectivity index (χ3n) is 0.362. The maximum absolute atomic E-state index is 3.54. The van der Waals surface area contributed by atoms with E-state index in [9.17, 15) is 0 Å². The number of rotatable bonds is 0. The summed E-state index contributed by atoms with van der Waals surface area (Å²) in [5.41, 5.74) is 0. The smallest absolute Gasteiger partial charge is 0.467 e. The monoisotopic (exact) mass is 106 g/mol. The van der Waals surface area contributed by atoms with Crippen molar-refractivity contribution in [1.82, 2.24) is 9.97 Å². The minimum absolute atomic E-state index is 0. The Morgan fingerprint density at radius 1 is 1.67 bits per heavy atom. The molecule has 0 aliphatic rings. The molecule has 0 amide bonds. The molecule has 1 aromatic heterocycles. The van der Waals surface area contributed by atoms with Gasteiger partial charge in [0.2, 0.25) is 0 Å². The van der Waals surface area contributed by atoms with E-state index in [1.165, 1.54) is 0 Å². The standard InChI is InChI=1S/C3H3N2.K/c1-2-5-3-4-1;/h1-2H,(H,4,5);/q-1;+1. The summed E-state index contributed by atoms with van der Waals surface area (Å²) >= 11 is 0. The van der Waals surface area contributed by atoms with E-state index in [4.69, 9.17) is 0 Å². The molecule has 1 rings (SSSR count). The molecule has 0 radical (unpaired) electrons. The van der Waals surface area contributed by atoms with Gasteiger partial charge in [0.1, 0.15) is 0 Å². The number of hydrogen-bond acceptors (Lipinski definition) is 1. The van der Waals surface area contributed by atoms with E-state index in [2.05, 4.69) is 16.3 Å². The van der Waals surface area contributed by atoms with E-state index in [0.717, 1.165) is 0 Å². The zero-order valence-electron chi connectivity index (χ0n) is 3.60. The number of nitrogens with zero attached hydrogens (tertiary/aromatic N) is 1. The molecule has 0 bridgehead atoms. The molecule has 0 saturated carbocycles. The van der Waals surface area contributed by atoms with Gasteiger partial charge < -0.3 is 9.97 Å². The van der Waals surface area contributed by atoms with Crippen LogP contribution in [0.1, 0.15) is 0 Å². The third-order valence-corrected chi connectivity index (χ3v) is 0.362. The maximum Gasteiger partial charge on any atom is 1.00 e. The van der Waals surface area contributed by atoms with E-state index >= 15 is 0 Å². The Kier molecular flexibility index (Phi) is 4.58. The molecule has 3 heteroatoms. The van der Waals surface area contributed by atoms with Gasteiger partial charge in [-0.2, -0.15) is 0 Å². The van der Waals surface area contributed by atoms with Crippen LogP contribution in [0.3, 0.4) is 0 Å². The summed E-state index contributed by atoms with van der Waals surface area (Å²) in [7, 11) is 0. The van der Waals surface area contributed by atoms with Gasteiger partial charge in [-0.15, -0.1) is 12.4 Å². The first-order chi connectivity index (χ1) is 2.50. The van der Waals surface area contributed by atoms with Gasteiger partial charge in [-0.1, -0.05) is 0 Å². The van der Waals surface area contributed by atoms with Crippen LogP contribution in [0.15, 0.2) is 12.4 Å². The molecule has 0 unspecified atom stereocenters. The van der Waals surface area contributed by atoms with Crippen LogP contribution in [0, 0.1) is 6.33 Å². The molecule has 0 spiro atoms. The van der Waals surface area contributed by atoms with Gasteiger partial charge >= 0.3 is 51.4 Å². The van der Waals surface area contributed by atoms with Crippen molar-refractivity contribution in [3.05, 3.63) is 18.7 Å². The van der Waals surface area contributed by atoms with Crippen molar-refractivity contribution in [2.24, 2.45) is 0 Å². The minimum Gasteiger partial charge on any atom is -0.467 e. The van der Waals surface area contributed by atoms with Gasteiger partial charge in [-0.05, 0) is 6.33 Å². The summed E-state index contributed by atoms with van der Waals surface area (Å²) in [4.78, 5) is 6.17. The normalized spacial score (nSPS) is 6.67. The zero-order valence-corrected chi connectivity index (χ0v) is 6.73. The molecule has 26 valence electrons. The first-order valence-corrected chi connectivity index (χ1v) is 1.35. The molecule has 0 saturated heterocycles. The van der Waals surface area contributed by atoms with Crippen molar-refractivity contribution in [3.8, 4) is 0 Å². The summed E-state index contributed by atoms with van der Waals surface area (Å²) in [6.45, 7) is 0. The topological polar surface area (TPSA) is 28.7 Å². The number of aromatic amines is 1. The third kappa shape index (κ3) is 2.10. The van der Waals surface area contributed by atoms with Crippen LogP contribution < -0.4 is 51.4 Å². The Morgan fingerprint density at radius 2 is 2.50 bits per heavy atom. The van der Waals surface area contributed by atoms with E-state index in [-0.39, 0.29) is 51.4 Å². The van der Waals surface area contributed by atoms with Crippen LogP contribution in [0.25, 0.3) is 0 Å². The summed E-state index contributed by atoms with van der Waals surface area (Å²) in [6.07, 6.45) is 5.83. The van der Waals surface area contributed by atoms with Gasteiger partial charge in [-0.25, -0.2) is 0 Å². The van der Waals surface area contributed by atoms with E-state index in [1.807, 2.05) is 0 Å². The molecule has 0 aliphatic carbocycles. The Balaban J connectivity index is 0.000000250. The average Bonchev–Trinajstić information content (AvgIpc) is 1.76. The van der Waals surface area contributed by atoms with Crippen LogP contribution in [-0.4, -0.2) is 9.97 Å². The predicted octanol–water partition coefficient (Wildman–Crippen LogP) is -2.79. The summed E-state index contributed by atoms with van der Waals surface area (Å²) < 4.78 is 0. The van der Waals surface area contributed by atoms with Gasteiger partial charge in [0, 0.05) is 0 Å². The fraction of sp³-hybridized carbons (Fsp3) is 0. The second-order valence-corrected chi connectivity index (χ2v) is 0.701. The molecule has 2 nitrogen and oxygen atoms in total. The van der Waals surface area contributed by atoms with Crippen molar-refractivity contribution in [3.63, 3.8) is 0 Å². The molecule has 0 fully saturated rings. The summed E-state index contributed by atoms with van der Waals surface area (Å²) in [5.74, 6) is 0. The van der Waals surface area contributed by atoms with Crippen molar-refractivity contribution >= 4 is 0 Å². The van der Waals surface area contributed by atoms with Crippen molar-refractivity contribution in [1.29, 1.82) is 0 Å². The van der Waals surface area contributed by atoms with Crippen LogP contribution in [0.5, 0.6) is 0 Å². The van der Waals surface area contributed by atoms with Gasteiger partial charge in [0.05, 0.1) is 0 Å². The number of aromatic nitrogens is 2. The van der Waals surface area contributed by atoms with Crippen LogP contribution in [0.4, 0.5) is 0 Å². The van der Waals surface area contributed by atoms with Gasteiger partial charge in [-0.3, -0.25) is 0 Å². The molecule has 0 atom stereocenters. The average molecular weight is 106 g/mol. The Labute approximate surface area is 78.8 Å². The largest absolute Gasteiger partial charge is 1.00 e. The minimum atomic E-state index is 0.